The molecule has 0 bridgehead atoms. The molecule has 4 rings (SSSR count). The molecule has 2 heterocycles. The number of hydrogen-bond donors (Lipinski definition) is 1. The highest BCUT2D eigenvalue weighted by molar-refractivity contribution is 5.69. The quantitative estimate of drug-likeness (QED) is 0.849. The molecule has 0 radical (unpaired) electrons. The van der Waals surface area contributed by atoms with E-state index in [4.69, 9.17) is 0 Å². The molecule has 0 spiro atoms. The second-order valence-corrected chi connectivity index (χ2v) is 6.50. The number of fused-ring (bicyclic) bond motifs is 3. The zero-order valence-electron chi connectivity index (χ0n) is 11.2. The number of aliphatic hydroxyl groups is 1. The van der Waals surface area contributed by atoms with Gasteiger partial charge < -0.3 is 9.67 Å². The van der Waals surface area contributed by atoms with E-state index in [0.29, 0.717) is 0 Å². The first kappa shape index (κ1) is 11.2. The maximum absolute atomic E-state index is 10.3. The number of hydrogen-bond acceptors (Lipinski definition) is 2. The molecule has 1 aliphatic carbocycles. The van der Waals surface area contributed by atoms with Crippen LogP contribution in [0, 0.1) is 11.3 Å². The fourth-order valence-corrected chi connectivity index (χ4v) is 4.04. The monoisotopic (exact) mass is 254 g/mol. The number of aromatic nitrogens is 2. The predicted molar refractivity (Wildman–Crippen MR) is 73.7 cm³/mol. The Labute approximate surface area is 112 Å². The van der Waals surface area contributed by atoms with Gasteiger partial charge in [0.15, 0.2) is 0 Å². The summed E-state index contributed by atoms with van der Waals surface area (Å²) < 4.78 is 2.24. The second-order valence-electron chi connectivity index (χ2n) is 6.50. The van der Waals surface area contributed by atoms with Gasteiger partial charge in [-0.25, -0.2) is 4.98 Å². The number of benzene rings is 1. The zero-order chi connectivity index (χ0) is 13.2. The van der Waals surface area contributed by atoms with Crippen molar-refractivity contribution >= 4 is 0 Å². The van der Waals surface area contributed by atoms with Gasteiger partial charge in [-0.15, -0.1) is 0 Å². The van der Waals surface area contributed by atoms with Crippen molar-refractivity contribution in [2.75, 3.05) is 0 Å². The molecule has 3 nitrogen and oxygen atoms in total. The molecule has 0 saturated heterocycles. The molecule has 19 heavy (non-hydrogen) atoms. The highest BCUT2D eigenvalue weighted by atomic mass is 16.3. The molecular weight excluding hydrogens is 236 g/mol. The van der Waals surface area contributed by atoms with Gasteiger partial charge in [-0.2, -0.15) is 0 Å². The van der Waals surface area contributed by atoms with E-state index >= 15 is 0 Å². The first-order chi connectivity index (χ1) is 9.09. The highest BCUT2D eigenvalue weighted by Gasteiger charge is 2.53. The lowest BCUT2D eigenvalue weighted by Gasteiger charge is -2.52. The van der Waals surface area contributed by atoms with Crippen LogP contribution in [0.15, 0.2) is 36.8 Å². The standard InChI is InChI=1S/C16H18N2O/c1-16(2)7-13(19)14(16)15-11-6-4-3-5-10(11)12-8-17-9-18(12)15/h3-6,8-9,13-15,19H,7H2,1-2H3/t13-,14?,15-/m0/s1. The van der Waals surface area contributed by atoms with Gasteiger partial charge in [-0.05, 0) is 17.4 Å². The van der Waals surface area contributed by atoms with Crippen LogP contribution in [0.2, 0.25) is 0 Å². The molecule has 1 aromatic carbocycles. The number of nitrogens with zero attached hydrogens (tertiary/aromatic N) is 2. The topological polar surface area (TPSA) is 38.1 Å². The fraction of sp³-hybridized carbons (Fsp3) is 0.438. The van der Waals surface area contributed by atoms with Crippen LogP contribution in [0.3, 0.4) is 0 Å². The van der Waals surface area contributed by atoms with Crippen molar-refractivity contribution in [1.29, 1.82) is 0 Å². The minimum absolute atomic E-state index is 0.184. The van der Waals surface area contributed by atoms with Gasteiger partial charge in [-0.1, -0.05) is 38.1 Å². The molecule has 1 N–H and O–H groups in total. The average molecular weight is 254 g/mol. The molecule has 1 aliphatic heterocycles. The number of aliphatic hydroxyl groups excluding tert-OH is 1. The molecule has 1 aromatic heterocycles. The lowest BCUT2D eigenvalue weighted by atomic mass is 9.57. The summed E-state index contributed by atoms with van der Waals surface area (Å²) in [6.45, 7) is 4.50. The Hall–Kier alpha value is -1.61. The van der Waals surface area contributed by atoms with E-state index in [0.717, 1.165) is 6.42 Å². The average Bonchev–Trinajstić information content (AvgIpc) is 2.92. The van der Waals surface area contributed by atoms with Gasteiger partial charge >= 0.3 is 0 Å². The normalized spacial score (nSPS) is 30.6. The van der Waals surface area contributed by atoms with Crippen LogP contribution in [0.4, 0.5) is 0 Å². The predicted octanol–water partition coefficient (Wildman–Crippen LogP) is 2.86. The highest BCUT2D eigenvalue weighted by Crippen LogP contribution is 2.56. The molecule has 1 fully saturated rings. The van der Waals surface area contributed by atoms with E-state index in [1.54, 1.807) is 0 Å². The SMILES string of the molecule is CC1(C)C[C@H](O)C1[C@@H]1c2ccccc2-c2cncn21. The number of imidazole rings is 1. The Morgan fingerprint density at radius 1 is 1.32 bits per heavy atom. The molecule has 2 aromatic rings. The Morgan fingerprint density at radius 3 is 2.84 bits per heavy atom. The third-order valence-corrected chi connectivity index (χ3v) is 4.91. The minimum atomic E-state index is -0.207. The molecule has 2 aliphatic rings. The largest absolute Gasteiger partial charge is 0.393 e. The van der Waals surface area contributed by atoms with Crippen molar-refractivity contribution in [3.8, 4) is 11.3 Å². The maximum atomic E-state index is 10.3. The summed E-state index contributed by atoms with van der Waals surface area (Å²) in [5.41, 5.74) is 3.95. The van der Waals surface area contributed by atoms with E-state index in [9.17, 15) is 5.11 Å². The zero-order valence-corrected chi connectivity index (χ0v) is 11.2. The summed E-state index contributed by atoms with van der Waals surface area (Å²) >= 11 is 0. The van der Waals surface area contributed by atoms with Gasteiger partial charge in [0.1, 0.15) is 0 Å². The van der Waals surface area contributed by atoms with Crippen molar-refractivity contribution in [3.05, 3.63) is 42.4 Å². The lowest BCUT2D eigenvalue weighted by molar-refractivity contribution is -0.103. The smallest absolute Gasteiger partial charge is 0.0956 e. The third kappa shape index (κ3) is 1.34. The molecule has 1 saturated carbocycles. The fourth-order valence-electron chi connectivity index (χ4n) is 4.04. The van der Waals surface area contributed by atoms with Crippen LogP contribution in [-0.4, -0.2) is 20.8 Å². The van der Waals surface area contributed by atoms with Crippen LogP contribution >= 0.6 is 0 Å². The summed E-state index contributed by atoms with van der Waals surface area (Å²) in [6, 6.07) is 8.73. The molecular formula is C16H18N2O. The first-order valence-electron chi connectivity index (χ1n) is 6.89. The van der Waals surface area contributed by atoms with E-state index in [1.807, 2.05) is 12.5 Å². The second kappa shape index (κ2) is 3.48. The summed E-state index contributed by atoms with van der Waals surface area (Å²) in [7, 11) is 0. The number of rotatable bonds is 1. The van der Waals surface area contributed by atoms with Gasteiger partial charge in [0.05, 0.1) is 30.4 Å². The van der Waals surface area contributed by atoms with Gasteiger partial charge in [0.2, 0.25) is 0 Å². The minimum Gasteiger partial charge on any atom is -0.393 e. The van der Waals surface area contributed by atoms with Crippen LogP contribution in [0.25, 0.3) is 11.3 Å². The Kier molecular flexibility index (Phi) is 2.06. The first-order valence-corrected chi connectivity index (χ1v) is 6.89. The molecule has 3 heteroatoms. The van der Waals surface area contributed by atoms with Crippen molar-refractivity contribution in [3.63, 3.8) is 0 Å². The maximum Gasteiger partial charge on any atom is 0.0956 e. The Morgan fingerprint density at radius 2 is 2.11 bits per heavy atom. The Balaban J connectivity index is 1.90. The molecule has 3 atom stereocenters. The van der Waals surface area contributed by atoms with Crippen molar-refractivity contribution in [2.45, 2.75) is 32.4 Å². The lowest BCUT2D eigenvalue weighted by Crippen LogP contribution is -2.51. The van der Waals surface area contributed by atoms with Crippen molar-refractivity contribution < 1.29 is 5.11 Å². The van der Waals surface area contributed by atoms with E-state index < -0.39 is 0 Å². The van der Waals surface area contributed by atoms with Gasteiger partial charge in [0.25, 0.3) is 0 Å². The molecule has 1 unspecified atom stereocenters. The van der Waals surface area contributed by atoms with Gasteiger partial charge in [-0.3, -0.25) is 0 Å². The molecule has 98 valence electrons. The van der Waals surface area contributed by atoms with Gasteiger partial charge in [0, 0.05) is 11.5 Å². The molecule has 0 amide bonds. The van der Waals surface area contributed by atoms with Crippen LogP contribution < -0.4 is 0 Å². The van der Waals surface area contributed by atoms with Crippen LogP contribution in [0.5, 0.6) is 0 Å². The summed E-state index contributed by atoms with van der Waals surface area (Å²) in [6.07, 6.45) is 4.51. The van der Waals surface area contributed by atoms with E-state index in [2.05, 4.69) is 47.7 Å². The summed E-state index contributed by atoms with van der Waals surface area (Å²) in [5.74, 6) is 0.268. The summed E-state index contributed by atoms with van der Waals surface area (Å²) in [4.78, 5) is 4.29. The van der Waals surface area contributed by atoms with Crippen LogP contribution in [0.1, 0.15) is 31.9 Å². The summed E-state index contributed by atoms with van der Waals surface area (Å²) in [5, 5.41) is 10.3. The Bertz CT molecular complexity index is 644. The third-order valence-electron chi connectivity index (χ3n) is 4.91. The van der Waals surface area contributed by atoms with Crippen molar-refractivity contribution in [1.82, 2.24) is 9.55 Å². The van der Waals surface area contributed by atoms with Crippen molar-refractivity contribution in [2.24, 2.45) is 11.3 Å². The van der Waals surface area contributed by atoms with E-state index in [-0.39, 0.29) is 23.5 Å². The van der Waals surface area contributed by atoms with E-state index in [1.165, 1.54) is 16.8 Å². The van der Waals surface area contributed by atoms with Crippen LogP contribution in [-0.2, 0) is 0 Å².